The van der Waals surface area contributed by atoms with Crippen LogP contribution < -0.4 is 5.73 Å². The predicted molar refractivity (Wildman–Crippen MR) is 89.5 cm³/mol. The highest BCUT2D eigenvalue weighted by Gasteiger charge is 2.17. The monoisotopic (exact) mass is 396 g/mol. The molecule has 0 aliphatic heterocycles. The van der Waals surface area contributed by atoms with Crippen LogP contribution in [-0.4, -0.2) is 5.16 Å². The van der Waals surface area contributed by atoms with Crippen molar-refractivity contribution in [3.63, 3.8) is 0 Å². The quantitative estimate of drug-likeness (QED) is 0.630. The van der Waals surface area contributed by atoms with Crippen LogP contribution in [0.3, 0.4) is 0 Å². The van der Waals surface area contributed by atoms with Crippen molar-refractivity contribution in [1.29, 1.82) is 0 Å². The van der Waals surface area contributed by atoms with E-state index in [1.165, 1.54) is 0 Å². The molecule has 0 aliphatic rings. The van der Waals surface area contributed by atoms with E-state index in [9.17, 15) is 0 Å². The summed E-state index contributed by atoms with van der Waals surface area (Å²) in [6, 6.07) is 15.6. The highest BCUT2D eigenvalue weighted by molar-refractivity contribution is 14.1. The summed E-state index contributed by atoms with van der Waals surface area (Å²) in [4.78, 5) is 0. The van der Waals surface area contributed by atoms with Gasteiger partial charge in [-0.1, -0.05) is 53.2 Å². The van der Waals surface area contributed by atoms with Gasteiger partial charge >= 0.3 is 0 Å². The van der Waals surface area contributed by atoms with E-state index in [0.29, 0.717) is 16.6 Å². The van der Waals surface area contributed by atoms with Crippen LogP contribution in [0.25, 0.3) is 22.4 Å². The summed E-state index contributed by atoms with van der Waals surface area (Å²) >= 11 is 8.36. The van der Waals surface area contributed by atoms with Crippen LogP contribution in [0.1, 0.15) is 0 Å². The van der Waals surface area contributed by atoms with Gasteiger partial charge in [0.05, 0.1) is 10.6 Å². The van der Waals surface area contributed by atoms with Crippen molar-refractivity contribution < 1.29 is 4.52 Å². The average Bonchev–Trinajstić information content (AvgIpc) is 2.85. The van der Waals surface area contributed by atoms with Crippen molar-refractivity contribution in [2.75, 3.05) is 5.73 Å². The molecule has 0 saturated carbocycles. The molecule has 5 heteroatoms. The maximum absolute atomic E-state index is 6.17. The van der Waals surface area contributed by atoms with E-state index in [1.54, 1.807) is 0 Å². The maximum atomic E-state index is 6.17. The summed E-state index contributed by atoms with van der Waals surface area (Å²) in [7, 11) is 0. The molecule has 0 aliphatic carbocycles. The van der Waals surface area contributed by atoms with Crippen molar-refractivity contribution in [3.8, 4) is 22.4 Å². The van der Waals surface area contributed by atoms with Crippen LogP contribution in [0.2, 0.25) is 5.02 Å². The molecule has 0 radical (unpaired) electrons. The molecule has 1 heterocycles. The lowest BCUT2D eigenvalue weighted by Crippen LogP contribution is -1.88. The Bertz CT molecular complexity index is 756. The standard InChI is InChI=1S/C15H10ClIN2O/c16-11-8-10(6-7-12(11)17)14-13(15(18)20-19-14)9-4-2-1-3-5-9/h1-8H,18H2. The zero-order valence-electron chi connectivity index (χ0n) is 10.3. The molecule has 0 spiro atoms. The summed E-state index contributed by atoms with van der Waals surface area (Å²) in [5.41, 5.74) is 9.26. The second-order valence-electron chi connectivity index (χ2n) is 4.27. The first kappa shape index (κ1) is 13.5. The van der Waals surface area contributed by atoms with Gasteiger partial charge in [-0.2, -0.15) is 0 Å². The van der Waals surface area contributed by atoms with Crippen molar-refractivity contribution in [2.24, 2.45) is 0 Å². The Balaban J connectivity index is 2.18. The molecular formula is C15H10ClIN2O. The van der Waals surface area contributed by atoms with Crippen LogP contribution in [0.15, 0.2) is 53.1 Å². The van der Waals surface area contributed by atoms with Gasteiger partial charge in [0.1, 0.15) is 5.69 Å². The lowest BCUT2D eigenvalue weighted by Gasteiger charge is -2.04. The van der Waals surface area contributed by atoms with Crippen LogP contribution >= 0.6 is 34.2 Å². The second kappa shape index (κ2) is 5.46. The molecule has 3 aromatic rings. The number of hydrogen-bond donors (Lipinski definition) is 1. The number of nitrogen functional groups attached to an aromatic ring is 1. The molecule has 2 aromatic carbocycles. The highest BCUT2D eigenvalue weighted by Crippen LogP contribution is 2.37. The summed E-state index contributed by atoms with van der Waals surface area (Å²) in [5, 5.41) is 4.76. The van der Waals surface area contributed by atoms with Gasteiger partial charge < -0.3 is 10.3 Å². The third kappa shape index (κ3) is 2.41. The Morgan fingerprint density at radius 2 is 1.80 bits per heavy atom. The lowest BCUT2D eigenvalue weighted by atomic mass is 10.0. The fraction of sp³-hybridized carbons (Fsp3) is 0. The van der Waals surface area contributed by atoms with Gasteiger partial charge in [0.15, 0.2) is 0 Å². The Morgan fingerprint density at radius 1 is 1.05 bits per heavy atom. The molecule has 100 valence electrons. The minimum Gasteiger partial charge on any atom is -0.367 e. The molecule has 0 amide bonds. The summed E-state index contributed by atoms with van der Waals surface area (Å²) in [6.07, 6.45) is 0. The first-order chi connectivity index (χ1) is 9.66. The minimum atomic E-state index is 0.306. The number of benzene rings is 2. The average molecular weight is 397 g/mol. The van der Waals surface area contributed by atoms with Crippen LogP contribution in [0, 0.1) is 3.57 Å². The Labute approximate surface area is 134 Å². The summed E-state index contributed by atoms with van der Waals surface area (Å²) in [5.74, 6) is 0.306. The van der Waals surface area contributed by atoms with Gasteiger partial charge in [0.2, 0.25) is 5.88 Å². The Kier molecular flexibility index (Phi) is 3.67. The topological polar surface area (TPSA) is 52.0 Å². The number of nitrogens with two attached hydrogens (primary N) is 1. The molecule has 0 saturated heterocycles. The molecule has 0 bridgehead atoms. The molecule has 0 fully saturated rings. The molecule has 0 unspecified atom stereocenters. The smallest absolute Gasteiger partial charge is 0.230 e. The van der Waals surface area contributed by atoms with Gasteiger partial charge in [-0.25, -0.2) is 0 Å². The van der Waals surface area contributed by atoms with Crippen molar-refractivity contribution in [2.45, 2.75) is 0 Å². The minimum absolute atomic E-state index is 0.306. The van der Waals surface area contributed by atoms with Crippen LogP contribution in [-0.2, 0) is 0 Å². The van der Waals surface area contributed by atoms with Crippen molar-refractivity contribution in [3.05, 3.63) is 57.1 Å². The molecule has 3 rings (SSSR count). The predicted octanol–water partition coefficient (Wildman–Crippen LogP) is 4.85. The number of rotatable bonds is 2. The molecule has 20 heavy (non-hydrogen) atoms. The first-order valence-electron chi connectivity index (χ1n) is 5.93. The Morgan fingerprint density at radius 3 is 2.50 bits per heavy atom. The SMILES string of the molecule is Nc1onc(-c2ccc(I)c(Cl)c2)c1-c1ccccc1. The molecule has 0 atom stereocenters. The number of halogens is 2. The third-order valence-electron chi connectivity index (χ3n) is 2.97. The normalized spacial score (nSPS) is 10.7. The number of nitrogens with zero attached hydrogens (tertiary/aromatic N) is 1. The van der Waals surface area contributed by atoms with Crippen LogP contribution in [0.5, 0.6) is 0 Å². The van der Waals surface area contributed by atoms with Gasteiger partial charge in [0, 0.05) is 9.13 Å². The largest absolute Gasteiger partial charge is 0.367 e. The van der Waals surface area contributed by atoms with E-state index in [1.807, 2.05) is 48.5 Å². The fourth-order valence-electron chi connectivity index (χ4n) is 2.03. The van der Waals surface area contributed by atoms with E-state index >= 15 is 0 Å². The van der Waals surface area contributed by atoms with Gasteiger partial charge in [-0.05, 0) is 40.3 Å². The van der Waals surface area contributed by atoms with Crippen molar-refractivity contribution in [1.82, 2.24) is 5.16 Å². The lowest BCUT2D eigenvalue weighted by molar-refractivity contribution is 0.439. The van der Waals surface area contributed by atoms with E-state index in [0.717, 1.165) is 20.3 Å². The van der Waals surface area contributed by atoms with E-state index in [4.69, 9.17) is 21.9 Å². The zero-order valence-corrected chi connectivity index (χ0v) is 13.2. The van der Waals surface area contributed by atoms with E-state index < -0.39 is 0 Å². The molecule has 2 N–H and O–H groups in total. The maximum Gasteiger partial charge on any atom is 0.230 e. The molecular weight excluding hydrogens is 387 g/mol. The Hall–Kier alpha value is -1.53. The van der Waals surface area contributed by atoms with E-state index in [2.05, 4.69) is 27.7 Å². The summed E-state index contributed by atoms with van der Waals surface area (Å²) in [6.45, 7) is 0. The number of hydrogen-bond acceptors (Lipinski definition) is 3. The highest BCUT2D eigenvalue weighted by atomic mass is 127. The fourth-order valence-corrected chi connectivity index (χ4v) is 2.54. The van der Waals surface area contributed by atoms with E-state index in [-0.39, 0.29) is 0 Å². The number of aromatic nitrogens is 1. The molecule has 1 aromatic heterocycles. The van der Waals surface area contributed by atoms with Gasteiger partial charge in [-0.3, -0.25) is 0 Å². The van der Waals surface area contributed by atoms with Crippen molar-refractivity contribution >= 4 is 40.1 Å². The summed E-state index contributed by atoms with van der Waals surface area (Å²) < 4.78 is 6.15. The van der Waals surface area contributed by atoms with Crippen LogP contribution in [0.4, 0.5) is 5.88 Å². The second-order valence-corrected chi connectivity index (χ2v) is 5.83. The third-order valence-corrected chi connectivity index (χ3v) is 4.55. The first-order valence-corrected chi connectivity index (χ1v) is 7.38. The number of anilines is 1. The molecule has 3 nitrogen and oxygen atoms in total. The zero-order chi connectivity index (χ0) is 14.1. The van der Waals surface area contributed by atoms with Gasteiger partial charge in [0.25, 0.3) is 0 Å². The van der Waals surface area contributed by atoms with Gasteiger partial charge in [-0.15, -0.1) is 0 Å².